The molecular formula is C17H16ClIN5O2P. The van der Waals surface area contributed by atoms with Gasteiger partial charge in [0.05, 0.1) is 6.20 Å². The minimum Gasteiger partial charge on any atom is -0.484 e. The van der Waals surface area contributed by atoms with Crippen molar-refractivity contribution >= 4 is 57.1 Å². The predicted molar refractivity (Wildman–Crippen MR) is 117 cm³/mol. The molecule has 1 fully saturated rings. The fourth-order valence-corrected chi connectivity index (χ4v) is 4.52. The topological polar surface area (TPSA) is 95.5 Å². The standard InChI is InChI=1S/C17H16ClIN5O2P/c18-15-5-9-1-4-13(17(9)23-22-15)26-10-2-3-12(24-27-19)11(6-10)16(20)14-7-21-8-25-14/h2-3,5-8,13,15,20,22,24,27H,1,4H2. The van der Waals surface area contributed by atoms with Gasteiger partial charge in [0.15, 0.2) is 12.2 Å². The van der Waals surface area contributed by atoms with E-state index in [9.17, 15) is 0 Å². The lowest BCUT2D eigenvalue weighted by Gasteiger charge is -2.19. The highest BCUT2D eigenvalue weighted by atomic mass is 127. The number of halogens is 2. The Labute approximate surface area is 175 Å². The van der Waals surface area contributed by atoms with Crippen molar-refractivity contribution in [2.45, 2.75) is 24.4 Å². The van der Waals surface area contributed by atoms with Crippen molar-refractivity contribution in [1.29, 1.82) is 5.41 Å². The molecule has 1 aromatic carbocycles. The molecule has 1 saturated carbocycles. The summed E-state index contributed by atoms with van der Waals surface area (Å²) < 4.78 is 11.5. The molecule has 7 nitrogen and oxygen atoms in total. The molecule has 0 saturated heterocycles. The van der Waals surface area contributed by atoms with E-state index in [1.807, 2.05) is 24.3 Å². The normalized spacial score (nSPS) is 21.4. The molecule has 0 bridgehead atoms. The highest BCUT2D eigenvalue weighted by Crippen LogP contribution is 2.33. The number of hydrogen-bond donors (Lipinski definition) is 3. The van der Waals surface area contributed by atoms with Gasteiger partial charge < -0.3 is 14.2 Å². The Balaban J connectivity index is 1.60. The molecule has 3 N–H and O–H groups in total. The number of anilines is 1. The summed E-state index contributed by atoms with van der Waals surface area (Å²) in [6.07, 6.45) is 6.92. The van der Waals surface area contributed by atoms with Crippen LogP contribution < -0.4 is 15.2 Å². The number of ether oxygens (including phenoxy) is 1. The van der Waals surface area contributed by atoms with Crippen LogP contribution in [0.15, 0.2) is 52.0 Å². The molecule has 1 aromatic heterocycles. The van der Waals surface area contributed by atoms with Crippen LogP contribution in [-0.2, 0) is 0 Å². The Morgan fingerprint density at radius 1 is 1.48 bits per heavy atom. The van der Waals surface area contributed by atoms with Crippen molar-refractivity contribution in [2.75, 3.05) is 5.09 Å². The zero-order chi connectivity index (χ0) is 18.8. The van der Waals surface area contributed by atoms with Crippen LogP contribution >= 0.6 is 40.0 Å². The van der Waals surface area contributed by atoms with Gasteiger partial charge in [-0.05, 0) is 64.7 Å². The SMILES string of the molecule is N=C(c1cnco1)c1cc(OC2CCC3=CC(Cl)NN=C32)ccc1NPI. The lowest BCUT2D eigenvalue weighted by molar-refractivity contribution is 0.266. The van der Waals surface area contributed by atoms with Gasteiger partial charge in [0.1, 0.15) is 28.8 Å². The number of hydrogen-bond acceptors (Lipinski definition) is 7. The molecule has 0 spiro atoms. The van der Waals surface area contributed by atoms with Gasteiger partial charge in [-0.2, -0.15) is 5.10 Å². The van der Waals surface area contributed by atoms with Crippen molar-refractivity contribution in [2.24, 2.45) is 5.10 Å². The first-order valence-electron chi connectivity index (χ1n) is 8.24. The molecule has 2 heterocycles. The van der Waals surface area contributed by atoms with Crippen LogP contribution in [-0.4, -0.2) is 28.0 Å². The fraction of sp³-hybridized carbons (Fsp3) is 0.235. The summed E-state index contributed by atoms with van der Waals surface area (Å²) in [6.45, 7) is 0. The van der Waals surface area contributed by atoms with E-state index >= 15 is 0 Å². The average Bonchev–Trinajstić information content (AvgIpc) is 3.33. The molecule has 3 atom stereocenters. The van der Waals surface area contributed by atoms with Crippen molar-refractivity contribution in [3.8, 4) is 5.75 Å². The number of rotatable bonds is 6. The first-order valence-corrected chi connectivity index (χ1v) is 12.8. The van der Waals surface area contributed by atoms with Crippen LogP contribution in [0.5, 0.6) is 5.75 Å². The number of nitrogens with zero attached hydrogens (tertiary/aromatic N) is 2. The fourth-order valence-electron chi connectivity index (χ4n) is 3.13. The highest BCUT2D eigenvalue weighted by molar-refractivity contribution is 14.2. The summed E-state index contributed by atoms with van der Waals surface area (Å²) in [5, 5.41) is 16.1. The second-order valence-corrected chi connectivity index (χ2v) is 8.56. The monoisotopic (exact) mass is 515 g/mol. The molecule has 10 heteroatoms. The first kappa shape index (κ1) is 18.7. The van der Waals surface area contributed by atoms with Gasteiger partial charge in [-0.25, -0.2) is 4.98 Å². The Morgan fingerprint density at radius 3 is 3.15 bits per heavy atom. The van der Waals surface area contributed by atoms with E-state index in [0.717, 1.165) is 29.8 Å². The lowest BCUT2D eigenvalue weighted by Crippen LogP contribution is -2.30. The van der Waals surface area contributed by atoms with E-state index in [1.165, 1.54) is 12.6 Å². The molecule has 1 aliphatic heterocycles. The molecule has 4 rings (SSSR count). The van der Waals surface area contributed by atoms with Gasteiger partial charge >= 0.3 is 0 Å². The molecule has 27 heavy (non-hydrogen) atoms. The zero-order valence-corrected chi connectivity index (χ0v) is 17.9. The van der Waals surface area contributed by atoms with Crippen LogP contribution in [0.25, 0.3) is 0 Å². The Morgan fingerprint density at radius 2 is 2.37 bits per heavy atom. The average molecular weight is 516 g/mol. The summed E-state index contributed by atoms with van der Waals surface area (Å²) >= 11 is 8.32. The molecule has 140 valence electrons. The maximum Gasteiger partial charge on any atom is 0.181 e. The highest BCUT2D eigenvalue weighted by Gasteiger charge is 2.32. The van der Waals surface area contributed by atoms with Crippen molar-refractivity contribution in [3.63, 3.8) is 0 Å². The van der Waals surface area contributed by atoms with Gasteiger partial charge in [0.2, 0.25) is 0 Å². The van der Waals surface area contributed by atoms with Crippen LogP contribution in [0.2, 0.25) is 0 Å². The van der Waals surface area contributed by atoms with Crippen LogP contribution in [0.1, 0.15) is 24.2 Å². The number of oxazole rings is 1. The number of aromatic nitrogens is 1. The second kappa shape index (κ2) is 8.16. The van der Waals surface area contributed by atoms with Gasteiger partial charge in [-0.15, -0.1) is 0 Å². The summed E-state index contributed by atoms with van der Waals surface area (Å²) in [4.78, 5) is 3.90. The molecule has 0 radical (unpaired) electrons. The van der Waals surface area contributed by atoms with Crippen LogP contribution in [0, 0.1) is 5.41 Å². The number of benzene rings is 1. The van der Waals surface area contributed by atoms with E-state index in [0.29, 0.717) is 23.4 Å². The van der Waals surface area contributed by atoms with E-state index in [1.54, 1.807) is 0 Å². The van der Waals surface area contributed by atoms with Crippen molar-refractivity contribution in [1.82, 2.24) is 10.4 Å². The minimum atomic E-state index is -0.268. The van der Waals surface area contributed by atoms with Gasteiger partial charge in [-0.3, -0.25) is 10.8 Å². The molecule has 2 aromatic rings. The van der Waals surface area contributed by atoms with E-state index < -0.39 is 0 Å². The molecule has 0 amide bonds. The summed E-state index contributed by atoms with van der Waals surface area (Å²) in [5.74, 6) is 1.09. The Hall–Kier alpha value is -1.64. The van der Waals surface area contributed by atoms with Crippen LogP contribution in [0.3, 0.4) is 0 Å². The maximum atomic E-state index is 8.47. The van der Waals surface area contributed by atoms with Gasteiger partial charge in [0, 0.05) is 17.6 Å². The smallest absolute Gasteiger partial charge is 0.181 e. The number of hydrazone groups is 1. The molecule has 1 aliphatic carbocycles. The first-order chi connectivity index (χ1) is 13.2. The van der Waals surface area contributed by atoms with Crippen molar-refractivity contribution in [3.05, 3.63) is 53.8 Å². The van der Waals surface area contributed by atoms with Crippen molar-refractivity contribution < 1.29 is 9.15 Å². The third kappa shape index (κ3) is 3.97. The quantitative estimate of drug-likeness (QED) is 0.174. The molecule has 3 unspecified atom stereocenters. The maximum absolute atomic E-state index is 8.47. The third-order valence-electron chi connectivity index (χ3n) is 4.37. The third-order valence-corrected chi connectivity index (χ3v) is 5.76. The van der Waals surface area contributed by atoms with Gasteiger partial charge in [0.25, 0.3) is 0 Å². The van der Waals surface area contributed by atoms with E-state index in [-0.39, 0.29) is 17.3 Å². The lowest BCUT2D eigenvalue weighted by atomic mass is 10.1. The number of alkyl halides is 1. The van der Waals surface area contributed by atoms with Crippen LogP contribution in [0.4, 0.5) is 5.69 Å². The summed E-state index contributed by atoms with van der Waals surface area (Å²) in [6, 6.07) is 5.68. The zero-order valence-electron chi connectivity index (χ0n) is 14.0. The summed E-state index contributed by atoms with van der Waals surface area (Å²) in [5.41, 5.74) is 6.45. The Kier molecular flexibility index (Phi) is 5.66. The Bertz CT molecular complexity index is 918. The molecule has 2 aliphatic rings. The molecular weight excluding hydrogens is 500 g/mol. The summed E-state index contributed by atoms with van der Waals surface area (Å²) in [7, 11) is 0. The minimum absolute atomic E-state index is 0.134. The second-order valence-electron chi connectivity index (χ2n) is 6.03. The predicted octanol–water partition coefficient (Wildman–Crippen LogP) is 4.44. The van der Waals surface area contributed by atoms with E-state index in [2.05, 4.69) is 42.6 Å². The largest absolute Gasteiger partial charge is 0.484 e. The van der Waals surface area contributed by atoms with E-state index in [4.69, 9.17) is 26.2 Å². The van der Waals surface area contributed by atoms with Gasteiger partial charge in [-0.1, -0.05) is 11.6 Å². The number of fused-ring (bicyclic) bond motifs is 1. The number of nitrogens with one attached hydrogen (secondary N) is 3.